The molecule has 0 aliphatic rings. The molecule has 0 saturated heterocycles. The van der Waals surface area contributed by atoms with Crippen LogP contribution in [0.15, 0.2) is 18.3 Å². The molecule has 0 saturated carbocycles. The van der Waals surface area contributed by atoms with E-state index in [0.29, 0.717) is 11.5 Å². The molecule has 5 heteroatoms. The summed E-state index contributed by atoms with van der Waals surface area (Å²) < 4.78 is 1.44. The Bertz CT molecular complexity index is 369. The minimum atomic E-state index is -0.391. The number of hydrogen-bond acceptors (Lipinski definition) is 3. The lowest BCUT2D eigenvalue weighted by Gasteiger charge is -1.89. The number of hydrogen-bond donors (Lipinski definition) is 0. The van der Waals surface area contributed by atoms with Crippen LogP contribution in [0.2, 0.25) is 0 Å². The van der Waals surface area contributed by atoms with Gasteiger partial charge in [0.25, 0.3) is 0 Å². The van der Waals surface area contributed by atoms with E-state index >= 15 is 0 Å². The highest BCUT2D eigenvalue weighted by Gasteiger charge is 2.02. The van der Waals surface area contributed by atoms with Crippen molar-refractivity contribution in [2.45, 2.75) is 6.61 Å². The molecule has 11 heavy (non-hydrogen) atoms. The molecule has 5 nitrogen and oxygen atoms in total. The fraction of sp³-hybridized carbons (Fsp3) is 0.167. The van der Waals surface area contributed by atoms with Crippen molar-refractivity contribution < 1.29 is 5.11 Å². The van der Waals surface area contributed by atoms with E-state index in [0.717, 1.165) is 0 Å². The normalized spacial score (nSPS) is 10.6. The summed E-state index contributed by atoms with van der Waals surface area (Å²) in [5.41, 5.74) is 0.610. The predicted molar refractivity (Wildman–Crippen MR) is 35.2 cm³/mol. The van der Waals surface area contributed by atoms with Gasteiger partial charge in [0, 0.05) is 6.20 Å². The summed E-state index contributed by atoms with van der Waals surface area (Å²) >= 11 is 0. The van der Waals surface area contributed by atoms with Crippen LogP contribution in [0.5, 0.6) is 0 Å². The van der Waals surface area contributed by atoms with Gasteiger partial charge in [0.15, 0.2) is 11.5 Å². The van der Waals surface area contributed by atoms with Crippen LogP contribution in [0, 0.1) is 0 Å². The van der Waals surface area contributed by atoms with Gasteiger partial charge >= 0.3 is 0 Å². The zero-order chi connectivity index (χ0) is 7.68. The maximum atomic E-state index is 10.4. The lowest BCUT2D eigenvalue weighted by molar-refractivity contribution is 0.167. The second-order valence-electron chi connectivity index (χ2n) is 2.05. The van der Waals surface area contributed by atoms with E-state index in [1.807, 2.05) is 0 Å². The molecule has 2 aromatic heterocycles. The molecule has 0 bridgehead atoms. The Hall–Kier alpha value is -1.49. The lowest BCUT2D eigenvalue weighted by atomic mass is 10.5. The van der Waals surface area contributed by atoms with Gasteiger partial charge in [-0.25, -0.2) is 5.11 Å². The Morgan fingerprint density at radius 1 is 1.45 bits per heavy atom. The average Bonchev–Trinajstić information content (AvgIpc) is 2.47. The van der Waals surface area contributed by atoms with Gasteiger partial charge in [0.1, 0.15) is 6.61 Å². The van der Waals surface area contributed by atoms with Crippen molar-refractivity contribution in [3.05, 3.63) is 24.2 Å². The van der Waals surface area contributed by atoms with Crippen molar-refractivity contribution in [3.8, 4) is 0 Å². The van der Waals surface area contributed by atoms with Crippen molar-refractivity contribution in [2.75, 3.05) is 0 Å². The van der Waals surface area contributed by atoms with Gasteiger partial charge in [-0.2, -0.15) is 9.61 Å². The largest absolute Gasteiger partial charge is 0.228 e. The van der Waals surface area contributed by atoms with Crippen LogP contribution >= 0.6 is 0 Å². The Labute approximate surface area is 62.3 Å². The molecule has 0 atom stereocenters. The Morgan fingerprint density at radius 3 is 3.18 bits per heavy atom. The molecule has 2 heterocycles. The fourth-order valence-corrected chi connectivity index (χ4v) is 0.880. The molecule has 0 unspecified atom stereocenters. The van der Waals surface area contributed by atoms with E-state index in [1.54, 1.807) is 18.3 Å². The lowest BCUT2D eigenvalue weighted by Crippen LogP contribution is -1.96. The first-order valence-electron chi connectivity index (χ1n) is 3.15. The first-order chi connectivity index (χ1) is 5.42. The number of aromatic nitrogens is 4. The van der Waals surface area contributed by atoms with Crippen LogP contribution in [0.4, 0.5) is 0 Å². The average molecular weight is 149 g/mol. The standard InChI is InChI=1S/C6H5N4O/c11-4-6-9-8-5-2-1-3-7-10(5)6/h1-3H,4H2. The van der Waals surface area contributed by atoms with E-state index < -0.39 is 6.61 Å². The zero-order valence-corrected chi connectivity index (χ0v) is 5.64. The monoisotopic (exact) mass is 149 g/mol. The minimum absolute atomic E-state index is 0.348. The van der Waals surface area contributed by atoms with Crippen molar-refractivity contribution in [2.24, 2.45) is 0 Å². The third kappa shape index (κ3) is 0.857. The molecule has 0 aromatic carbocycles. The molecule has 0 aliphatic carbocycles. The van der Waals surface area contributed by atoms with Gasteiger partial charge in [0.2, 0.25) is 0 Å². The van der Waals surface area contributed by atoms with Gasteiger partial charge in [0.05, 0.1) is 0 Å². The van der Waals surface area contributed by atoms with Crippen molar-refractivity contribution in [1.29, 1.82) is 0 Å². The second-order valence-corrected chi connectivity index (χ2v) is 2.05. The van der Waals surface area contributed by atoms with Crippen molar-refractivity contribution >= 4 is 5.65 Å². The molecular weight excluding hydrogens is 144 g/mol. The first kappa shape index (κ1) is 6.23. The SMILES string of the molecule is [O]Cc1nnc2cccnn12. The summed E-state index contributed by atoms with van der Waals surface area (Å²) in [4.78, 5) is 0. The van der Waals surface area contributed by atoms with Crippen LogP contribution in [0.25, 0.3) is 5.65 Å². The van der Waals surface area contributed by atoms with Gasteiger partial charge < -0.3 is 0 Å². The van der Waals surface area contributed by atoms with Crippen LogP contribution in [-0.4, -0.2) is 19.8 Å². The van der Waals surface area contributed by atoms with E-state index in [4.69, 9.17) is 0 Å². The Balaban J connectivity index is 2.76. The summed E-state index contributed by atoms with van der Waals surface area (Å²) in [6.07, 6.45) is 1.59. The van der Waals surface area contributed by atoms with Crippen LogP contribution in [-0.2, 0) is 11.7 Å². The highest BCUT2D eigenvalue weighted by Crippen LogP contribution is 1.98. The van der Waals surface area contributed by atoms with E-state index in [1.165, 1.54) is 4.52 Å². The smallest absolute Gasteiger partial charge is 0.183 e. The fourth-order valence-electron chi connectivity index (χ4n) is 0.880. The van der Waals surface area contributed by atoms with Gasteiger partial charge in [-0.3, -0.25) is 0 Å². The topological polar surface area (TPSA) is 63.0 Å². The molecule has 0 spiro atoms. The molecule has 2 rings (SSSR count). The third-order valence-corrected chi connectivity index (χ3v) is 1.37. The molecule has 0 fully saturated rings. The molecule has 2 aromatic rings. The summed E-state index contributed by atoms with van der Waals surface area (Å²) in [7, 11) is 0. The number of nitrogens with zero attached hydrogens (tertiary/aromatic N) is 4. The van der Waals surface area contributed by atoms with Crippen LogP contribution in [0.1, 0.15) is 5.82 Å². The van der Waals surface area contributed by atoms with E-state index in [-0.39, 0.29) is 0 Å². The van der Waals surface area contributed by atoms with Crippen LogP contribution < -0.4 is 0 Å². The van der Waals surface area contributed by atoms with Crippen molar-refractivity contribution in [1.82, 2.24) is 19.8 Å². The van der Waals surface area contributed by atoms with Gasteiger partial charge in [-0.15, -0.1) is 10.2 Å². The summed E-state index contributed by atoms with van der Waals surface area (Å²) in [5.74, 6) is 0.348. The van der Waals surface area contributed by atoms with E-state index in [2.05, 4.69) is 15.3 Å². The molecule has 0 aliphatic heterocycles. The third-order valence-electron chi connectivity index (χ3n) is 1.37. The highest BCUT2D eigenvalue weighted by atomic mass is 16.3. The number of rotatable bonds is 1. The van der Waals surface area contributed by atoms with E-state index in [9.17, 15) is 5.11 Å². The summed E-state index contributed by atoms with van der Waals surface area (Å²) in [6, 6.07) is 3.50. The van der Waals surface area contributed by atoms with Gasteiger partial charge in [-0.05, 0) is 12.1 Å². The molecular formula is C6H5N4O. The van der Waals surface area contributed by atoms with Crippen molar-refractivity contribution in [3.63, 3.8) is 0 Å². The zero-order valence-electron chi connectivity index (χ0n) is 5.64. The molecule has 1 radical (unpaired) electrons. The number of fused-ring (bicyclic) bond motifs is 1. The first-order valence-corrected chi connectivity index (χ1v) is 3.15. The quantitative estimate of drug-likeness (QED) is 0.575. The second kappa shape index (κ2) is 2.28. The van der Waals surface area contributed by atoms with Crippen LogP contribution in [0.3, 0.4) is 0 Å². The maximum Gasteiger partial charge on any atom is 0.183 e. The summed E-state index contributed by atoms with van der Waals surface area (Å²) in [5, 5.41) is 21.7. The Kier molecular flexibility index (Phi) is 1.29. The minimum Gasteiger partial charge on any atom is -0.228 e. The molecule has 0 amide bonds. The summed E-state index contributed by atoms with van der Waals surface area (Å²) in [6.45, 7) is -0.391. The van der Waals surface area contributed by atoms with Gasteiger partial charge in [-0.1, -0.05) is 0 Å². The molecule has 0 N–H and O–H groups in total. The Morgan fingerprint density at radius 2 is 2.36 bits per heavy atom. The predicted octanol–water partition coefficient (Wildman–Crippen LogP) is 0.0548. The molecule has 55 valence electrons. The maximum absolute atomic E-state index is 10.4. The highest BCUT2D eigenvalue weighted by molar-refractivity contribution is 5.34.